The molecule has 2 aliphatic rings. The van der Waals surface area contributed by atoms with Crippen LogP contribution in [0.2, 0.25) is 0 Å². The second kappa shape index (κ2) is 9.65. The lowest BCUT2D eigenvalue weighted by molar-refractivity contribution is -0.132. The van der Waals surface area contributed by atoms with Gasteiger partial charge in [0.25, 0.3) is 5.91 Å². The Hall–Kier alpha value is -3.65. The third kappa shape index (κ3) is 4.65. The van der Waals surface area contributed by atoms with Crippen LogP contribution in [0.5, 0.6) is 0 Å². The van der Waals surface area contributed by atoms with E-state index in [0.29, 0.717) is 13.0 Å². The van der Waals surface area contributed by atoms with Crippen molar-refractivity contribution in [1.29, 1.82) is 0 Å². The van der Waals surface area contributed by atoms with E-state index in [9.17, 15) is 14.4 Å². The third-order valence-corrected chi connectivity index (χ3v) is 5.65. The van der Waals surface area contributed by atoms with Crippen LogP contribution >= 0.6 is 0 Å². The minimum atomic E-state index is -1.09. The predicted molar refractivity (Wildman–Crippen MR) is 116 cm³/mol. The Labute approximate surface area is 185 Å². The van der Waals surface area contributed by atoms with Gasteiger partial charge in [0.1, 0.15) is 6.61 Å². The van der Waals surface area contributed by atoms with E-state index in [1.54, 1.807) is 0 Å². The van der Waals surface area contributed by atoms with Crippen LogP contribution in [-0.4, -0.2) is 55.0 Å². The zero-order valence-corrected chi connectivity index (χ0v) is 17.3. The number of carboxylic acids is 1. The van der Waals surface area contributed by atoms with Gasteiger partial charge in [-0.25, -0.2) is 9.59 Å². The van der Waals surface area contributed by atoms with E-state index >= 15 is 0 Å². The molecule has 8 nitrogen and oxygen atoms in total. The van der Waals surface area contributed by atoms with Crippen LogP contribution in [0, 0.1) is 0 Å². The summed E-state index contributed by atoms with van der Waals surface area (Å²) in [5, 5.41) is 13.9. The highest BCUT2D eigenvalue weighted by Gasteiger charge is 2.36. The molecule has 3 N–H and O–H groups in total. The highest BCUT2D eigenvalue weighted by atomic mass is 16.6. The van der Waals surface area contributed by atoms with Gasteiger partial charge in [-0.2, -0.15) is 0 Å². The molecule has 0 aromatic heterocycles. The van der Waals surface area contributed by atoms with Gasteiger partial charge in [0.2, 0.25) is 0 Å². The van der Waals surface area contributed by atoms with Gasteiger partial charge in [-0.1, -0.05) is 54.6 Å². The maximum Gasteiger partial charge on any atom is 0.407 e. The number of carbonyl (C=O) groups is 3. The van der Waals surface area contributed by atoms with Crippen molar-refractivity contribution >= 4 is 18.0 Å². The maximum atomic E-state index is 12.5. The van der Waals surface area contributed by atoms with Crippen LogP contribution in [0.3, 0.4) is 0 Å². The van der Waals surface area contributed by atoms with Crippen molar-refractivity contribution in [3.63, 3.8) is 0 Å². The van der Waals surface area contributed by atoms with Gasteiger partial charge >= 0.3 is 12.1 Å². The number of hydrogen-bond acceptors (Lipinski definition) is 5. The van der Waals surface area contributed by atoms with Crippen LogP contribution in [0.25, 0.3) is 11.1 Å². The van der Waals surface area contributed by atoms with Crippen LogP contribution in [0.1, 0.15) is 23.5 Å². The van der Waals surface area contributed by atoms with Crippen molar-refractivity contribution in [2.24, 2.45) is 0 Å². The van der Waals surface area contributed by atoms with Crippen molar-refractivity contribution in [1.82, 2.24) is 10.6 Å². The molecular formula is C24H24N2O6. The highest BCUT2D eigenvalue weighted by molar-refractivity contribution is 5.84. The first-order valence-corrected chi connectivity index (χ1v) is 10.4. The summed E-state index contributed by atoms with van der Waals surface area (Å²) >= 11 is 0. The molecule has 1 aliphatic carbocycles. The summed E-state index contributed by atoms with van der Waals surface area (Å²) in [5.41, 5.74) is 4.54. The van der Waals surface area contributed by atoms with Crippen LogP contribution in [-0.2, 0) is 19.1 Å². The molecule has 166 valence electrons. The fourth-order valence-corrected chi connectivity index (χ4v) is 4.21. The quantitative estimate of drug-likeness (QED) is 0.575. The summed E-state index contributed by atoms with van der Waals surface area (Å²) in [6.07, 6.45) is 1.29. The predicted octanol–water partition coefficient (Wildman–Crippen LogP) is 2.44. The molecule has 8 heteroatoms. The lowest BCUT2D eigenvalue weighted by Crippen LogP contribution is -2.48. The Balaban J connectivity index is 1.33. The average molecular weight is 436 g/mol. The molecule has 1 aliphatic heterocycles. The molecule has 1 heterocycles. The van der Waals surface area contributed by atoms with Crippen molar-refractivity contribution in [3.05, 3.63) is 71.8 Å². The summed E-state index contributed by atoms with van der Waals surface area (Å²) in [6.45, 7) is 0.574. The van der Waals surface area contributed by atoms with E-state index in [-0.39, 0.29) is 19.1 Å². The Morgan fingerprint density at radius 1 is 1.06 bits per heavy atom. The lowest BCUT2D eigenvalue weighted by atomic mass is 9.98. The van der Waals surface area contributed by atoms with Gasteiger partial charge in [0.05, 0.1) is 6.04 Å². The van der Waals surface area contributed by atoms with Crippen molar-refractivity contribution in [2.75, 3.05) is 19.8 Å². The maximum absolute atomic E-state index is 12.5. The summed E-state index contributed by atoms with van der Waals surface area (Å²) < 4.78 is 11.0. The Kier molecular flexibility index (Phi) is 6.51. The molecule has 2 aromatic rings. The normalized spacial score (nSPS) is 19.4. The number of hydrogen-bond donors (Lipinski definition) is 3. The SMILES string of the molecule is O=C(O)/C=C/CNC(=O)C1OCCC1NC(=O)OCC1c2ccccc2-c2ccccc21. The Morgan fingerprint density at radius 3 is 2.38 bits per heavy atom. The minimum absolute atomic E-state index is 0.0481. The van der Waals surface area contributed by atoms with Gasteiger partial charge in [0.15, 0.2) is 6.10 Å². The molecule has 0 radical (unpaired) electrons. The summed E-state index contributed by atoms with van der Waals surface area (Å²) in [5.74, 6) is -1.55. The number of alkyl carbamates (subject to hydrolysis) is 1. The highest BCUT2D eigenvalue weighted by Crippen LogP contribution is 2.44. The van der Waals surface area contributed by atoms with Gasteiger partial charge in [-0.05, 0) is 28.7 Å². The molecule has 2 unspecified atom stereocenters. The fourth-order valence-electron chi connectivity index (χ4n) is 4.21. The van der Waals surface area contributed by atoms with Crippen molar-refractivity contribution in [3.8, 4) is 11.1 Å². The monoisotopic (exact) mass is 436 g/mol. The summed E-state index contributed by atoms with van der Waals surface area (Å²) in [7, 11) is 0. The molecule has 0 saturated carbocycles. The van der Waals surface area contributed by atoms with E-state index in [4.69, 9.17) is 14.6 Å². The largest absolute Gasteiger partial charge is 0.478 e. The average Bonchev–Trinajstić information content (AvgIpc) is 3.37. The topological polar surface area (TPSA) is 114 Å². The molecule has 1 fully saturated rings. The molecule has 0 spiro atoms. The number of nitrogens with one attached hydrogen (secondary N) is 2. The number of fused-ring (bicyclic) bond motifs is 3. The summed E-state index contributed by atoms with van der Waals surface area (Å²) in [6, 6.07) is 15.6. The Bertz CT molecular complexity index is 1000. The first kappa shape index (κ1) is 21.6. The molecule has 0 bridgehead atoms. The second-order valence-corrected chi connectivity index (χ2v) is 7.64. The first-order chi connectivity index (χ1) is 15.5. The number of ether oxygens (including phenoxy) is 2. The second-order valence-electron chi connectivity index (χ2n) is 7.64. The van der Waals surface area contributed by atoms with E-state index in [2.05, 4.69) is 22.8 Å². The van der Waals surface area contributed by atoms with Crippen LogP contribution in [0.15, 0.2) is 60.7 Å². The van der Waals surface area contributed by atoms with Gasteiger partial charge in [0, 0.05) is 25.1 Å². The zero-order chi connectivity index (χ0) is 22.5. The van der Waals surface area contributed by atoms with Crippen molar-refractivity contribution in [2.45, 2.75) is 24.5 Å². The standard InChI is InChI=1S/C24H24N2O6/c27-21(28)10-5-12-25-23(29)22-20(11-13-31-22)26-24(30)32-14-19-17-8-3-1-6-15(17)16-7-2-4-9-18(16)19/h1-10,19-20,22H,11-14H2,(H,25,29)(H,26,30)(H,27,28)/b10-5+. The third-order valence-electron chi connectivity index (χ3n) is 5.65. The number of carboxylic acid groups (broad SMARTS) is 1. The number of aliphatic carboxylic acids is 1. The molecule has 32 heavy (non-hydrogen) atoms. The van der Waals surface area contributed by atoms with Crippen LogP contribution in [0.4, 0.5) is 4.79 Å². The molecule has 1 saturated heterocycles. The number of amides is 2. The van der Waals surface area contributed by atoms with Gasteiger partial charge in [-0.3, -0.25) is 4.79 Å². The minimum Gasteiger partial charge on any atom is -0.478 e. The Morgan fingerprint density at radius 2 is 1.72 bits per heavy atom. The van der Waals surface area contributed by atoms with Gasteiger partial charge < -0.3 is 25.2 Å². The lowest BCUT2D eigenvalue weighted by Gasteiger charge is -2.20. The van der Waals surface area contributed by atoms with E-state index in [1.165, 1.54) is 6.08 Å². The molecule has 2 amide bonds. The molecule has 2 atom stereocenters. The fraction of sp³-hybridized carbons (Fsp3) is 0.292. The molecule has 2 aromatic carbocycles. The summed E-state index contributed by atoms with van der Waals surface area (Å²) in [4.78, 5) is 35.3. The molecular weight excluding hydrogens is 412 g/mol. The van der Waals surface area contributed by atoms with Gasteiger partial charge in [-0.15, -0.1) is 0 Å². The van der Waals surface area contributed by atoms with E-state index < -0.39 is 30.1 Å². The number of rotatable bonds is 7. The number of benzene rings is 2. The van der Waals surface area contributed by atoms with E-state index in [0.717, 1.165) is 28.3 Å². The molecule has 4 rings (SSSR count). The van der Waals surface area contributed by atoms with Crippen LogP contribution < -0.4 is 10.6 Å². The van der Waals surface area contributed by atoms with E-state index in [1.807, 2.05) is 36.4 Å². The van der Waals surface area contributed by atoms with Crippen molar-refractivity contribution < 1.29 is 29.0 Å². The zero-order valence-electron chi connectivity index (χ0n) is 17.3. The smallest absolute Gasteiger partial charge is 0.407 e. The number of carbonyl (C=O) groups excluding carboxylic acids is 2. The first-order valence-electron chi connectivity index (χ1n) is 10.4.